The molecule has 2 N–H and O–H groups in total. The number of H-pyrrole nitrogens is 2. The van der Waals surface area contributed by atoms with Crippen molar-refractivity contribution in [1.29, 1.82) is 0 Å². The summed E-state index contributed by atoms with van der Waals surface area (Å²) in [7, 11) is 0. The van der Waals surface area contributed by atoms with Crippen LogP contribution in [0.4, 0.5) is 0 Å². The zero-order valence-electron chi connectivity index (χ0n) is 13.5. The maximum atomic E-state index is 12.8. The van der Waals surface area contributed by atoms with E-state index < -0.39 is 0 Å². The van der Waals surface area contributed by atoms with Gasteiger partial charge < -0.3 is 19.8 Å². The minimum Gasteiger partial charge on any atom is -0.338 e. The zero-order chi connectivity index (χ0) is 17.1. The van der Waals surface area contributed by atoms with Crippen LogP contribution in [0.1, 0.15) is 17.3 Å². The molecule has 0 bridgehead atoms. The number of fused-ring (bicyclic) bond motifs is 1. The molecule has 1 aliphatic rings. The number of imidazole rings is 1. The molecule has 1 aliphatic heterocycles. The van der Waals surface area contributed by atoms with Crippen molar-refractivity contribution < 1.29 is 9.59 Å². The fourth-order valence-corrected chi connectivity index (χ4v) is 3.41. The largest absolute Gasteiger partial charge is 0.338 e. The SMILES string of the molecule is CCSCC(=O)N1CCN(C(=O)c2cccc3[nH]c(=O)[nH]c23)CC1. The Labute approximate surface area is 143 Å². The number of aromatic nitrogens is 2. The topological polar surface area (TPSA) is 89.3 Å². The van der Waals surface area contributed by atoms with Crippen LogP contribution in [0.2, 0.25) is 0 Å². The lowest BCUT2D eigenvalue weighted by Gasteiger charge is -2.34. The van der Waals surface area contributed by atoms with E-state index in [1.54, 1.807) is 34.9 Å². The highest BCUT2D eigenvalue weighted by atomic mass is 32.2. The van der Waals surface area contributed by atoms with Crippen molar-refractivity contribution in [3.05, 3.63) is 34.2 Å². The molecule has 128 valence electrons. The standard InChI is InChI=1S/C16H20N4O3S/c1-2-24-10-13(21)19-6-8-20(9-7-19)15(22)11-4-3-5-12-14(11)18-16(23)17-12/h3-5H,2,6-10H2,1H3,(H2,17,18,23). The average molecular weight is 348 g/mol. The molecule has 2 heterocycles. The number of nitrogens with zero attached hydrogens (tertiary/aromatic N) is 2. The fraction of sp³-hybridized carbons (Fsp3) is 0.438. The molecule has 2 amide bonds. The van der Waals surface area contributed by atoms with E-state index in [9.17, 15) is 14.4 Å². The van der Waals surface area contributed by atoms with Crippen molar-refractivity contribution in [1.82, 2.24) is 19.8 Å². The molecule has 8 heteroatoms. The Morgan fingerprint density at radius 2 is 1.83 bits per heavy atom. The highest BCUT2D eigenvalue weighted by Gasteiger charge is 2.25. The molecule has 1 aromatic heterocycles. The van der Waals surface area contributed by atoms with E-state index in [0.29, 0.717) is 48.5 Å². The molecule has 0 aliphatic carbocycles. The van der Waals surface area contributed by atoms with E-state index in [-0.39, 0.29) is 17.5 Å². The number of para-hydroxylation sites is 1. The molecule has 0 atom stereocenters. The number of carbonyl (C=O) groups excluding carboxylic acids is 2. The van der Waals surface area contributed by atoms with Crippen molar-refractivity contribution in [2.24, 2.45) is 0 Å². The second-order valence-corrected chi connectivity index (χ2v) is 6.89. The highest BCUT2D eigenvalue weighted by Crippen LogP contribution is 2.17. The monoisotopic (exact) mass is 348 g/mol. The lowest BCUT2D eigenvalue weighted by atomic mass is 10.1. The van der Waals surface area contributed by atoms with E-state index in [2.05, 4.69) is 9.97 Å². The number of carbonyl (C=O) groups is 2. The van der Waals surface area contributed by atoms with Gasteiger partial charge in [0.2, 0.25) is 5.91 Å². The second-order valence-electron chi connectivity index (χ2n) is 5.62. The molecule has 0 saturated carbocycles. The Kier molecular flexibility index (Phi) is 4.94. The molecular weight excluding hydrogens is 328 g/mol. The van der Waals surface area contributed by atoms with E-state index in [1.807, 2.05) is 11.8 Å². The summed E-state index contributed by atoms with van der Waals surface area (Å²) >= 11 is 1.61. The smallest absolute Gasteiger partial charge is 0.323 e. The van der Waals surface area contributed by atoms with Crippen LogP contribution >= 0.6 is 11.8 Å². The molecule has 0 spiro atoms. The third-order valence-electron chi connectivity index (χ3n) is 4.13. The molecule has 0 radical (unpaired) electrons. The molecule has 3 rings (SSSR count). The Morgan fingerprint density at radius 1 is 1.12 bits per heavy atom. The van der Waals surface area contributed by atoms with Crippen LogP contribution in [-0.2, 0) is 4.79 Å². The van der Waals surface area contributed by atoms with Crippen molar-refractivity contribution in [2.45, 2.75) is 6.92 Å². The normalized spacial score (nSPS) is 15.0. The van der Waals surface area contributed by atoms with Crippen LogP contribution in [0.3, 0.4) is 0 Å². The summed E-state index contributed by atoms with van der Waals surface area (Å²) in [4.78, 5) is 45.1. The first-order valence-corrected chi connectivity index (χ1v) is 9.11. The number of amides is 2. The zero-order valence-corrected chi connectivity index (χ0v) is 14.3. The van der Waals surface area contributed by atoms with Crippen LogP contribution in [-0.4, -0.2) is 69.3 Å². The number of piperazine rings is 1. The minimum atomic E-state index is -0.325. The highest BCUT2D eigenvalue weighted by molar-refractivity contribution is 7.99. The first-order valence-electron chi connectivity index (χ1n) is 7.96. The number of nitrogens with one attached hydrogen (secondary N) is 2. The number of rotatable bonds is 4. The molecule has 24 heavy (non-hydrogen) atoms. The Morgan fingerprint density at radius 3 is 2.54 bits per heavy atom. The lowest BCUT2D eigenvalue weighted by molar-refractivity contribution is -0.129. The van der Waals surface area contributed by atoms with Crippen LogP contribution in [0.15, 0.2) is 23.0 Å². The number of aromatic amines is 2. The average Bonchev–Trinajstić information content (AvgIpc) is 2.99. The van der Waals surface area contributed by atoms with Gasteiger partial charge in [-0.3, -0.25) is 9.59 Å². The van der Waals surface area contributed by atoms with Gasteiger partial charge in [0.25, 0.3) is 5.91 Å². The summed E-state index contributed by atoms with van der Waals surface area (Å²) in [5, 5.41) is 0. The van der Waals surface area contributed by atoms with E-state index >= 15 is 0 Å². The quantitative estimate of drug-likeness (QED) is 0.859. The van der Waals surface area contributed by atoms with E-state index in [4.69, 9.17) is 0 Å². The van der Waals surface area contributed by atoms with E-state index in [1.165, 1.54) is 0 Å². The first kappa shape index (κ1) is 16.6. The summed E-state index contributed by atoms with van der Waals surface area (Å²) in [6, 6.07) is 5.22. The third-order valence-corrected chi connectivity index (χ3v) is 4.99. The van der Waals surface area contributed by atoms with Gasteiger partial charge in [-0.2, -0.15) is 11.8 Å². The number of benzene rings is 1. The van der Waals surface area contributed by atoms with Crippen molar-refractivity contribution >= 4 is 34.6 Å². The van der Waals surface area contributed by atoms with Gasteiger partial charge in [0.15, 0.2) is 0 Å². The van der Waals surface area contributed by atoms with Crippen LogP contribution in [0, 0.1) is 0 Å². The molecule has 1 fully saturated rings. The summed E-state index contributed by atoms with van der Waals surface area (Å²) in [6.07, 6.45) is 0. The molecule has 2 aromatic rings. The third kappa shape index (κ3) is 3.33. The van der Waals surface area contributed by atoms with Gasteiger partial charge in [0, 0.05) is 26.2 Å². The van der Waals surface area contributed by atoms with Gasteiger partial charge in [-0.05, 0) is 17.9 Å². The summed E-state index contributed by atoms with van der Waals surface area (Å²) in [6.45, 7) is 4.14. The first-order chi connectivity index (χ1) is 11.6. The second kappa shape index (κ2) is 7.12. The predicted octanol–water partition coefficient (Wildman–Crippen LogP) is 0.894. The maximum absolute atomic E-state index is 12.8. The van der Waals surface area contributed by atoms with Gasteiger partial charge in [-0.25, -0.2) is 4.79 Å². The Bertz CT molecular complexity index is 805. The lowest BCUT2D eigenvalue weighted by Crippen LogP contribution is -2.51. The fourth-order valence-electron chi connectivity index (χ4n) is 2.85. The summed E-state index contributed by atoms with van der Waals surface area (Å²) in [5.74, 6) is 1.43. The van der Waals surface area contributed by atoms with Gasteiger partial charge >= 0.3 is 5.69 Å². The molecule has 0 unspecified atom stereocenters. The minimum absolute atomic E-state index is 0.120. The summed E-state index contributed by atoms with van der Waals surface area (Å²) < 4.78 is 0. The number of thioether (sulfide) groups is 1. The van der Waals surface area contributed by atoms with Crippen molar-refractivity contribution in [3.8, 4) is 0 Å². The van der Waals surface area contributed by atoms with Crippen molar-refractivity contribution in [3.63, 3.8) is 0 Å². The predicted molar refractivity (Wildman–Crippen MR) is 94.4 cm³/mol. The van der Waals surface area contributed by atoms with Gasteiger partial charge in [-0.1, -0.05) is 13.0 Å². The number of hydrogen-bond donors (Lipinski definition) is 2. The Hall–Kier alpha value is -2.22. The van der Waals surface area contributed by atoms with Gasteiger partial charge in [0.1, 0.15) is 0 Å². The van der Waals surface area contributed by atoms with E-state index in [0.717, 1.165) is 5.75 Å². The van der Waals surface area contributed by atoms with Crippen LogP contribution in [0.5, 0.6) is 0 Å². The molecule has 1 aromatic carbocycles. The van der Waals surface area contributed by atoms with Gasteiger partial charge in [0.05, 0.1) is 22.3 Å². The molecule has 7 nitrogen and oxygen atoms in total. The molecule has 1 saturated heterocycles. The van der Waals surface area contributed by atoms with Gasteiger partial charge in [-0.15, -0.1) is 0 Å². The maximum Gasteiger partial charge on any atom is 0.323 e. The molecular formula is C16H20N4O3S. The number of hydrogen-bond acceptors (Lipinski definition) is 4. The van der Waals surface area contributed by atoms with Crippen molar-refractivity contribution in [2.75, 3.05) is 37.7 Å². The van der Waals surface area contributed by atoms with Crippen LogP contribution in [0.25, 0.3) is 11.0 Å². The Balaban J connectivity index is 1.69. The summed E-state index contributed by atoms with van der Waals surface area (Å²) in [5.41, 5.74) is 1.31. The van der Waals surface area contributed by atoms with Crippen LogP contribution < -0.4 is 5.69 Å².